The van der Waals surface area contributed by atoms with Crippen LogP contribution >= 0.6 is 11.7 Å². The number of aromatic nitrogens is 2. The maximum atomic E-state index is 9.90. The first-order valence-electron chi connectivity index (χ1n) is 4.87. The van der Waals surface area contributed by atoms with Gasteiger partial charge in [0.15, 0.2) is 0 Å². The van der Waals surface area contributed by atoms with E-state index < -0.39 is 5.60 Å². The van der Waals surface area contributed by atoms with Gasteiger partial charge in [0.2, 0.25) is 0 Å². The third-order valence-electron chi connectivity index (χ3n) is 2.55. The van der Waals surface area contributed by atoms with E-state index in [0.717, 1.165) is 38.2 Å². The van der Waals surface area contributed by atoms with Gasteiger partial charge in [0.25, 0.3) is 0 Å². The van der Waals surface area contributed by atoms with E-state index in [0.29, 0.717) is 0 Å². The SMILES string of the molecule is CC1(O)CCCN(Cc2cnsn2)C1. The van der Waals surface area contributed by atoms with Crippen LogP contribution in [0.4, 0.5) is 0 Å². The van der Waals surface area contributed by atoms with Crippen molar-refractivity contribution in [3.8, 4) is 0 Å². The lowest BCUT2D eigenvalue weighted by Gasteiger charge is -2.36. The molecule has 14 heavy (non-hydrogen) atoms. The van der Waals surface area contributed by atoms with Crippen molar-refractivity contribution >= 4 is 11.7 Å². The molecular weight excluding hydrogens is 198 g/mol. The van der Waals surface area contributed by atoms with Crippen molar-refractivity contribution in [2.24, 2.45) is 0 Å². The standard InChI is InChI=1S/C9H15N3OS/c1-9(13)3-2-4-12(7-9)6-8-5-10-14-11-8/h5,13H,2-4,6-7H2,1H3. The Labute approximate surface area is 87.9 Å². The highest BCUT2D eigenvalue weighted by Crippen LogP contribution is 2.21. The summed E-state index contributed by atoms with van der Waals surface area (Å²) in [5.74, 6) is 0. The lowest BCUT2D eigenvalue weighted by atomic mass is 9.95. The second-order valence-electron chi connectivity index (χ2n) is 4.21. The zero-order valence-electron chi connectivity index (χ0n) is 8.31. The summed E-state index contributed by atoms with van der Waals surface area (Å²) < 4.78 is 8.13. The molecule has 78 valence electrons. The first-order valence-corrected chi connectivity index (χ1v) is 5.60. The summed E-state index contributed by atoms with van der Waals surface area (Å²) in [5.41, 5.74) is 0.481. The minimum atomic E-state index is -0.526. The fourth-order valence-electron chi connectivity index (χ4n) is 1.94. The molecule has 2 rings (SSSR count). The van der Waals surface area contributed by atoms with Crippen molar-refractivity contribution in [2.45, 2.75) is 31.9 Å². The predicted molar refractivity (Wildman–Crippen MR) is 55.0 cm³/mol. The minimum absolute atomic E-state index is 0.526. The fraction of sp³-hybridized carbons (Fsp3) is 0.778. The van der Waals surface area contributed by atoms with Crippen molar-refractivity contribution < 1.29 is 5.11 Å². The van der Waals surface area contributed by atoms with E-state index in [2.05, 4.69) is 13.6 Å². The average Bonchev–Trinajstić information content (AvgIpc) is 2.54. The molecule has 1 unspecified atom stereocenters. The molecular formula is C9H15N3OS. The Kier molecular flexibility index (Phi) is 2.80. The summed E-state index contributed by atoms with van der Waals surface area (Å²) in [6, 6.07) is 0. The molecule has 2 heterocycles. The summed E-state index contributed by atoms with van der Waals surface area (Å²) in [7, 11) is 0. The van der Waals surface area contributed by atoms with Gasteiger partial charge >= 0.3 is 0 Å². The summed E-state index contributed by atoms with van der Waals surface area (Å²) in [5, 5.41) is 9.90. The van der Waals surface area contributed by atoms with E-state index in [1.807, 2.05) is 6.92 Å². The van der Waals surface area contributed by atoms with Crippen LogP contribution in [0.5, 0.6) is 0 Å². The molecule has 1 aromatic heterocycles. The summed E-state index contributed by atoms with van der Waals surface area (Å²) in [6.45, 7) is 4.50. The molecule has 1 atom stereocenters. The molecule has 0 saturated carbocycles. The molecule has 1 saturated heterocycles. The number of hydrogen-bond donors (Lipinski definition) is 1. The molecule has 1 aromatic rings. The van der Waals surface area contributed by atoms with Crippen molar-refractivity contribution in [3.63, 3.8) is 0 Å². The third kappa shape index (κ3) is 2.50. The van der Waals surface area contributed by atoms with Gasteiger partial charge < -0.3 is 5.11 Å². The van der Waals surface area contributed by atoms with Gasteiger partial charge in [-0.05, 0) is 26.3 Å². The number of aliphatic hydroxyl groups is 1. The van der Waals surface area contributed by atoms with E-state index in [1.165, 1.54) is 11.7 Å². The highest BCUT2D eigenvalue weighted by Gasteiger charge is 2.28. The Morgan fingerprint density at radius 2 is 2.57 bits per heavy atom. The zero-order valence-corrected chi connectivity index (χ0v) is 9.13. The van der Waals surface area contributed by atoms with Gasteiger partial charge in [-0.3, -0.25) is 4.90 Å². The fourth-order valence-corrected chi connectivity index (χ4v) is 2.37. The molecule has 0 aromatic carbocycles. The van der Waals surface area contributed by atoms with Crippen molar-refractivity contribution in [2.75, 3.05) is 13.1 Å². The number of piperidine rings is 1. The summed E-state index contributed by atoms with van der Waals surface area (Å²) >= 11 is 1.24. The first kappa shape index (κ1) is 10.0. The zero-order chi connectivity index (χ0) is 10.0. The number of rotatable bonds is 2. The van der Waals surface area contributed by atoms with Crippen LogP contribution in [0, 0.1) is 0 Å². The third-order valence-corrected chi connectivity index (χ3v) is 3.06. The van der Waals surface area contributed by atoms with Crippen LogP contribution in [0.3, 0.4) is 0 Å². The Balaban J connectivity index is 1.92. The van der Waals surface area contributed by atoms with Gasteiger partial charge in [-0.2, -0.15) is 8.75 Å². The minimum Gasteiger partial charge on any atom is -0.389 e. The van der Waals surface area contributed by atoms with Crippen LogP contribution in [-0.4, -0.2) is 37.4 Å². The Morgan fingerprint density at radius 3 is 3.21 bits per heavy atom. The second-order valence-corrected chi connectivity index (χ2v) is 4.77. The Hall–Kier alpha value is -0.520. The van der Waals surface area contributed by atoms with Gasteiger partial charge in [-0.1, -0.05) is 0 Å². The molecule has 4 nitrogen and oxygen atoms in total. The average molecular weight is 213 g/mol. The van der Waals surface area contributed by atoms with E-state index >= 15 is 0 Å². The van der Waals surface area contributed by atoms with Gasteiger partial charge in [-0.15, -0.1) is 0 Å². The molecule has 0 radical (unpaired) electrons. The molecule has 0 bridgehead atoms. The molecule has 1 fully saturated rings. The smallest absolute Gasteiger partial charge is 0.0883 e. The van der Waals surface area contributed by atoms with Crippen LogP contribution < -0.4 is 0 Å². The topological polar surface area (TPSA) is 49.2 Å². The van der Waals surface area contributed by atoms with Gasteiger partial charge in [0, 0.05) is 13.1 Å². The molecule has 1 N–H and O–H groups in total. The van der Waals surface area contributed by atoms with E-state index in [-0.39, 0.29) is 0 Å². The maximum absolute atomic E-state index is 9.90. The van der Waals surface area contributed by atoms with Crippen LogP contribution in [0.1, 0.15) is 25.5 Å². The van der Waals surface area contributed by atoms with Crippen LogP contribution in [0.15, 0.2) is 6.20 Å². The monoisotopic (exact) mass is 213 g/mol. The van der Waals surface area contributed by atoms with Crippen LogP contribution in [-0.2, 0) is 6.54 Å². The van der Waals surface area contributed by atoms with Gasteiger partial charge in [0.1, 0.15) is 0 Å². The number of nitrogens with zero attached hydrogens (tertiary/aromatic N) is 3. The number of likely N-dealkylation sites (tertiary alicyclic amines) is 1. The highest BCUT2D eigenvalue weighted by atomic mass is 32.1. The van der Waals surface area contributed by atoms with Crippen molar-refractivity contribution in [1.82, 2.24) is 13.6 Å². The Bertz CT molecular complexity index is 286. The predicted octanol–water partition coefficient (Wildman–Crippen LogP) is 0.885. The number of β-amino-alcohol motifs (C(OH)–C–C–N with tert-alkyl or cyclic N) is 1. The molecule has 0 amide bonds. The number of hydrogen-bond acceptors (Lipinski definition) is 5. The lowest BCUT2D eigenvalue weighted by molar-refractivity contribution is -0.0184. The molecule has 5 heteroatoms. The summed E-state index contributed by atoms with van der Waals surface area (Å²) in [6.07, 6.45) is 3.76. The lowest BCUT2D eigenvalue weighted by Crippen LogP contribution is -2.45. The van der Waals surface area contributed by atoms with Gasteiger partial charge in [-0.25, -0.2) is 0 Å². The van der Waals surface area contributed by atoms with Crippen LogP contribution in [0.25, 0.3) is 0 Å². The van der Waals surface area contributed by atoms with Crippen molar-refractivity contribution in [1.29, 1.82) is 0 Å². The van der Waals surface area contributed by atoms with Crippen LogP contribution in [0.2, 0.25) is 0 Å². The Morgan fingerprint density at radius 1 is 1.71 bits per heavy atom. The molecule has 0 spiro atoms. The van der Waals surface area contributed by atoms with Gasteiger partial charge in [0.05, 0.1) is 29.2 Å². The maximum Gasteiger partial charge on any atom is 0.0883 e. The molecule has 1 aliphatic rings. The largest absolute Gasteiger partial charge is 0.389 e. The highest BCUT2D eigenvalue weighted by molar-refractivity contribution is 6.99. The molecule has 0 aliphatic carbocycles. The quantitative estimate of drug-likeness (QED) is 0.792. The van der Waals surface area contributed by atoms with Crippen molar-refractivity contribution in [3.05, 3.63) is 11.9 Å². The summed E-state index contributed by atoms with van der Waals surface area (Å²) in [4.78, 5) is 2.24. The second kappa shape index (κ2) is 3.92. The molecule has 1 aliphatic heterocycles. The normalized spacial score (nSPS) is 29.3. The van der Waals surface area contributed by atoms with E-state index in [4.69, 9.17) is 0 Å². The van der Waals surface area contributed by atoms with E-state index in [9.17, 15) is 5.11 Å². The first-order chi connectivity index (χ1) is 6.66. The van der Waals surface area contributed by atoms with E-state index in [1.54, 1.807) is 6.20 Å².